The summed E-state index contributed by atoms with van der Waals surface area (Å²) in [4.78, 5) is 25.1. The van der Waals surface area contributed by atoms with Crippen LogP contribution in [-0.2, 0) is 11.2 Å². The number of H-pyrrole nitrogens is 1. The lowest BCUT2D eigenvalue weighted by molar-refractivity contribution is -0.192. The number of pyridine rings is 1. The van der Waals surface area contributed by atoms with Crippen molar-refractivity contribution in [2.24, 2.45) is 5.73 Å². The number of nitrogens with zero attached hydrogens (tertiary/aromatic N) is 3. The minimum absolute atomic E-state index is 0.268. The third-order valence-corrected chi connectivity index (χ3v) is 4.31. The first-order valence-corrected chi connectivity index (χ1v) is 8.48. The minimum Gasteiger partial charge on any atom is -0.481 e. The van der Waals surface area contributed by atoms with Crippen molar-refractivity contribution >= 4 is 5.97 Å². The lowest BCUT2D eigenvalue weighted by Crippen LogP contribution is -2.28. The van der Waals surface area contributed by atoms with Gasteiger partial charge in [-0.1, -0.05) is 6.07 Å². The third-order valence-electron chi connectivity index (χ3n) is 4.31. The van der Waals surface area contributed by atoms with E-state index >= 15 is 0 Å². The van der Waals surface area contributed by atoms with E-state index in [0.717, 1.165) is 22.4 Å². The largest absolute Gasteiger partial charge is 0.490 e. The highest BCUT2D eigenvalue weighted by Crippen LogP contribution is 2.31. The molecule has 0 radical (unpaired) electrons. The van der Waals surface area contributed by atoms with Gasteiger partial charge in [0.2, 0.25) is 5.88 Å². The minimum atomic E-state index is -5.08. The molecule has 2 aromatic heterocycles. The number of carboxylic acid groups (broad SMARTS) is 1. The van der Waals surface area contributed by atoms with Crippen LogP contribution in [0.4, 0.5) is 13.2 Å². The van der Waals surface area contributed by atoms with Crippen molar-refractivity contribution in [1.82, 2.24) is 19.7 Å². The fourth-order valence-corrected chi connectivity index (χ4v) is 2.94. The van der Waals surface area contributed by atoms with Gasteiger partial charge in [0.1, 0.15) is 0 Å². The van der Waals surface area contributed by atoms with Crippen LogP contribution in [0.15, 0.2) is 41.3 Å². The molecule has 1 unspecified atom stereocenters. The van der Waals surface area contributed by atoms with Crippen molar-refractivity contribution in [2.75, 3.05) is 7.11 Å². The van der Waals surface area contributed by atoms with Crippen LogP contribution < -0.4 is 16.2 Å². The fraction of sp³-hybridized carbons (Fsp3) is 0.222. The van der Waals surface area contributed by atoms with Crippen molar-refractivity contribution < 1.29 is 27.8 Å². The molecule has 1 aliphatic rings. The van der Waals surface area contributed by atoms with Crippen molar-refractivity contribution in [2.45, 2.75) is 18.6 Å². The van der Waals surface area contributed by atoms with Crippen LogP contribution in [-0.4, -0.2) is 44.1 Å². The molecular formula is C18H16F3N5O4. The van der Waals surface area contributed by atoms with E-state index in [4.69, 9.17) is 20.4 Å². The molecule has 0 saturated carbocycles. The normalized spacial score (nSPS) is 14.8. The van der Waals surface area contributed by atoms with Crippen LogP contribution in [0.3, 0.4) is 0 Å². The predicted octanol–water partition coefficient (Wildman–Crippen LogP) is 1.82. The number of carboxylic acids is 1. The summed E-state index contributed by atoms with van der Waals surface area (Å²) in [6.45, 7) is 0. The maximum Gasteiger partial charge on any atom is 0.490 e. The number of aliphatic carboxylic acids is 1. The van der Waals surface area contributed by atoms with E-state index in [9.17, 15) is 18.0 Å². The zero-order valence-electron chi connectivity index (χ0n) is 15.5. The Labute approximate surface area is 166 Å². The van der Waals surface area contributed by atoms with Crippen LogP contribution in [0.5, 0.6) is 5.88 Å². The third kappa shape index (κ3) is 4.17. The number of nitrogens with one attached hydrogen (secondary N) is 1. The molecule has 4 rings (SSSR count). The van der Waals surface area contributed by atoms with E-state index in [0.29, 0.717) is 18.1 Å². The molecule has 3 heterocycles. The fourth-order valence-electron chi connectivity index (χ4n) is 2.94. The number of alkyl halides is 3. The number of fused-ring (bicyclic) bond motifs is 3. The molecule has 12 heteroatoms. The van der Waals surface area contributed by atoms with E-state index in [1.54, 1.807) is 17.9 Å². The van der Waals surface area contributed by atoms with Crippen molar-refractivity contribution in [1.29, 1.82) is 0 Å². The van der Waals surface area contributed by atoms with Gasteiger partial charge in [-0.2, -0.15) is 18.3 Å². The first-order chi connectivity index (χ1) is 14.1. The molecular weight excluding hydrogens is 407 g/mol. The second-order valence-corrected chi connectivity index (χ2v) is 6.27. The number of benzene rings is 1. The van der Waals surface area contributed by atoms with Crippen molar-refractivity contribution in [3.05, 3.63) is 58.4 Å². The van der Waals surface area contributed by atoms with Gasteiger partial charge in [0, 0.05) is 17.8 Å². The Bertz CT molecular complexity index is 1120. The molecule has 1 aromatic carbocycles. The van der Waals surface area contributed by atoms with Gasteiger partial charge in [0.25, 0.3) is 0 Å². The van der Waals surface area contributed by atoms with Gasteiger partial charge in [0.15, 0.2) is 5.82 Å². The SMILES string of the molecule is COc1ccc(-c2ccc3c(c2)CC(N)c2n[nH]c(=O)n2-3)cn1.O=C(O)C(F)(F)F. The number of halogens is 3. The first kappa shape index (κ1) is 21.0. The Morgan fingerprint density at radius 1 is 1.30 bits per heavy atom. The number of aromatic nitrogens is 4. The van der Waals surface area contributed by atoms with E-state index < -0.39 is 12.1 Å². The lowest BCUT2D eigenvalue weighted by Gasteiger charge is -2.22. The highest BCUT2D eigenvalue weighted by Gasteiger charge is 2.38. The number of carbonyl (C=O) groups is 1. The zero-order valence-corrected chi connectivity index (χ0v) is 15.5. The van der Waals surface area contributed by atoms with Crippen LogP contribution in [0.2, 0.25) is 0 Å². The number of hydrogen-bond donors (Lipinski definition) is 3. The molecule has 4 N–H and O–H groups in total. The Hall–Kier alpha value is -3.67. The molecule has 1 atom stereocenters. The zero-order chi connectivity index (χ0) is 22.1. The first-order valence-electron chi connectivity index (χ1n) is 8.48. The van der Waals surface area contributed by atoms with Crippen molar-refractivity contribution in [3.63, 3.8) is 0 Å². The molecule has 1 aliphatic heterocycles. The maximum atomic E-state index is 12.0. The number of hydrogen-bond acceptors (Lipinski definition) is 6. The number of nitrogens with two attached hydrogens (primary N) is 1. The Morgan fingerprint density at radius 3 is 2.53 bits per heavy atom. The summed E-state index contributed by atoms with van der Waals surface area (Å²) >= 11 is 0. The highest BCUT2D eigenvalue weighted by atomic mass is 19.4. The summed E-state index contributed by atoms with van der Waals surface area (Å²) in [5, 5.41) is 13.6. The van der Waals surface area contributed by atoms with Crippen molar-refractivity contribution in [3.8, 4) is 22.7 Å². The van der Waals surface area contributed by atoms with E-state index in [2.05, 4.69) is 15.2 Å². The molecule has 9 nitrogen and oxygen atoms in total. The van der Waals surface area contributed by atoms with Gasteiger partial charge in [0.05, 0.1) is 18.8 Å². The smallest absolute Gasteiger partial charge is 0.481 e. The summed E-state index contributed by atoms with van der Waals surface area (Å²) in [5.41, 5.74) is 9.70. The van der Waals surface area contributed by atoms with E-state index in [-0.39, 0.29) is 11.7 Å². The van der Waals surface area contributed by atoms with Gasteiger partial charge in [-0.05, 0) is 35.7 Å². The lowest BCUT2D eigenvalue weighted by atomic mass is 9.96. The van der Waals surface area contributed by atoms with Crippen LogP contribution in [0.25, 0.3) is 16.8 Å². The maximum absolute atomic E-state index is 12.0. The number of methoxy groups -OCH3 is 1. The summed E-state index contributed by atoms with van der Waals surface area (Å²) in [7, 11) is 1.59. The molecule has 0 aliphatic carbocycles. The second-order valence-electron chi connectivity index (χ2n) is 6.27. The molecule has 0 fully saturated rings. The Balaban J connectivity index is 0.000000318. The molecule has 0 bridgehead atoms. The predicted molar refractivity (Wildman–Crippen MR) is 98.3 cm³/mol. The number of ether oxygens (including phenoxy) is 1. The summed E-state index contributed by atoms with van der Waals surface area (Å²) in [6, 6.07) is 9.39. The Kier molecular flexibility index (Phi) is 5.60. The van der Waals surface area contributed by atoms with E-state index in [1.807, 2.05) is 30.3 Å². The molecule has 3 aromatic rings. The molecule has 0 spiro atoms. The van der Waals surface area contributed by atoms with Crippen LogP contribution in [0.1, 0.15) is 17.4 Å². The van der Waals surface area contributed by atoms with Gasteiger partial charge in [-0.15, -0.1) is 0 Å². The summed E-state index contributed by atoms with van der Waals surface area (Å²) < 4.78 is 38.4. The Morgan fingerprint density at radius 2 is 1.97 bits per heavy atom. The standard InChI is InChI=1S/C16H15N5O2.C2HF3O2/c1-23-14-5-3-10(8-18-14)9-2-4-13-11(6-9)7-12(17)15-19-20-16(22)21(13)15;3-2(4,5)1(6)7/h2-6,8,12H,7,17H2,1H3,(H,20,22);(H,6,7). The molecule has 30 heavy (non-hydrogen) atoms. The number of rotatable bonds is 2. The highest BCUT2D eigenvalue weighted by molar-refractivity contribution is 5.73. The van der Waals surface area contributed by atoms with Gasteiger partial charge >= 0.3 is 17.8 Å². The van der Waals surface area contributed by atoms with Crippen LogP contribution in [0, 0.1) is 0 Å². The van der Waals surface area contributed by atoms with Gasteiger partial charge < -0.3 is 15.6 Å². The topological polar surface area (TPSA) is 136 Å². The quantitative estimate of drug-likeness (QED) is 0.572. The average Bonchev–Trinajstić information content (AvgIpc) is 3.10. The van der Waals surface area contributed by atoms with E-state index in [1.165, 1.54) is 0 Å². The molecule has 0 saturated heterocycles. The van der Waals surface area contributed by atoms with Gasteiger partial charge in [-0.3, -0.25) is 0 Å². The number of aromatic amines is 1. The van der Waals surface area contributed by atoms with Crippen LogP contribution >= 0.6 is 0 Å². The van der Waals surface area contributed by atoms with Gasteiger partial charge in [-0.25, -0.2) is 24.2 Å². The second kappa shape index (κ2) is 7.99. The average molecular weight is 423 g/mol. The monoisotopic (exact) mass is 423 g/mol. The molecule has 0 amide bonds. The molecule has 158 valence electrons. The summed E-state index contributed by atoms with van der Waals surface area (Å²) in [5.74, 6) is -1.61. The summed E-state index contributed by atoms with van der Waals surface area (Å²) in [6.07, 6.45) is -2.68.